The van der Waals surface area contributed by atoms with Crippen LogP contribution in [0.1, 0.15) is 38.9 Å². The molecule has 0 saturated heterocycles. The highest BCUT2D eigenvalue weighted by molar-refractivity contribution is 7.89. The predicted molar refractivity (Wildman–Crippen MR) is 77.8 cm³/mol. The lowest BCUT2D eigenvalue weighted by atomic mass is 9.79. The number of nitrogens with one attached hydrogen (secondary N) is 2. The van der Waals surface area contributed by atoms with Gasteiger partial charge >= 0.3 is 0 Å². The molecule has 2 N–H and O–H groups in total. The number of rotatable bonds is 5. The maximum absolute atomic E-state index is 12.3. The van der Waals surface area contributed by atoms with Crippen LogP contribution in [0.5, 0.6) is 0 Å². The first-order valence-electron chi connectivity index (χ1n) is 7.18. The molecular formula is C14H24N2O3S. The van der Waals surface area contributed by atoms with Gasteiger partial charge in [-0.3, -0.25) is 0 Å². The topological polar surface area (TPSA) is 71.3 Å². The Labute approximate surface area is 121 Å². The van der Waals surface area contributed by atoms with Crippen molar-refractivity contribution in [1.82, 2.24) is 10.0 Å². The van der Waals surface area contributed by atoms with E-state index in [1.165, 1.54) is 6.07 Å². The molecule has 1 fully saturated rings. The molecule has 1 aromatic rings. The summed E-state index contributed by atoms with van der Waals surface area (Å²) >= 11 is 0. The molecule has 0 radical (unpaired) electrons. The molecule has 0 aliphatic heterocycles. The molecule has 0 aromatic carbocycles. The van der Waals surface area contributed by atoms with E-state index in [-0.39, 0.29) is 11.1 Å². The zero-order valence-electron chi connectivity index (χ0n) is 12.3. The van der Waals surface area contributed by atoms with Gasteiger partial charge in [-0.2, -0.15) is 0 Å². The van der Waals surface area contributed by atoms with Crippen molar-refractivity contribution in [2.75, 3.05) is 7.05 Å². The molecule has 6 heteroatoms. The second kappa shape index (κ2) is 6.28. The van der Waals surface area contributed by atoms with Gasteiger partial charge in [-0.15, -0.1) is 0 Å². The van der Waals surface area contributed by atoms with Crippen LogP contribution in [0.15, 0.2) is 21.6 Å². The van der Waals surface area contributed by atoms with Crippen molar-refractivity contribution >= 4 is 10.0 Å². The van der Waals surface area contributed by atoms with Gasteiger partial charge in [0.25, 0.3) is 10.0 Å². The average Bonchev–Trinajstić information content (AvgIpc) is 2.83. The summed E-state index contributed by atoms with van der Waals surface area (Å²) in [5, 5.41) is 2.94. The lowest BCUT2D eigenvalue weighted by Crippen LogP contribution is -2.39. The van der Waals surface area contributed by atoms with Crippen molar-refractivity contribution in [1.29, 1.82) is 0 Å². The molecular weight excluding hydrogens is 276 g/mol. The van der Waals surface area contributed by atoms with Crippen LogP contribution in [0.2, 0.25) is 0 Å². The van der Waals surface area contributed by atoms with Gasteiger partial charge in [-0.1, -0.05) is 13.8 Å². The third-order valence-corrected chi connectivity index (χ3v) is 5.57. The molecule has 2 rings (SSSR count). The Morgan fingerprint density at radius 1 is 1.25 bits per heavy atom. The summed E-state index contributed by atoms with van der Waals surface area (Å²) in [4.78, 5) is 0. The molecule has 3 unspecified atom stereocenters. The van der Waals surface area contributed by atoms with Gasteiger partial charge in [0.15, 0.2) is 0 Å². The van der Waals surface area contributed by atoms with Crippen molar-refractivity contribution in [3.63, 3.8) is 0 Å². The number of furan rings is 1. The second-order valence-corrected chi connectivity index (χ2v) is 7.48. The van der Waals surface area contributed by atoms with Crippen LogP contribution in [-0.4, -0.2) is 21.5 Å². The van der Waals surface area contributed by atoms with Crippen LogP contribution in [0, 0.1) is 11.8 Å². The van der Waals surface area contributed by atoms with Gasteiger partial charge in [-0.05, 0) is 50.3 Å². The standard InChI is InChI=1S/C14H24N2O3S/c1-10-4-5-12(8-11(10)2)16-20(17,18)14-7-6-13(19-14)9-15-3/h6-7,10-12,15-16H,4-5,8-9H2,1-3H3. The van der Waals surface area contributed by atoms with Crippen LogP contribution >= 0.6 is 0 Å². The van der Waals surface area contributed by atoms with E-state index < -0.39 is 10.0 Å². The van der Waals surface area contributed by atoms with Crippen molar-refractivity contribution in [2.24, 2.45) is 11.8 Å². The summed E-state index contributed by atoms with van der Waals surface area (Å²) in [6.07, 6.45) is 2.86. The molecule has 0 bridgehead atoms. The zero-order chi connectivity index (χ0) is 14.8. The first-order chi connectivity index (χ1) is 9.42. The lowest BCUT2D eigenvalue weighted by Gasteiger charge is -2.32. The first kappa shape index (κ1) is 15.5. The molecule has 5 nitrogen and oxygen atoms in total. The van der Waals surface area contributed by atoms with Crippen LogP contribution in [0.25, 0.3) is 0 Å². The van der Waals surface area contributed by atoms with E-state index in [0.717, 1.165) is 19.3 Å². The highest BCUT2D eigenvalue weighted by Gasteiger charge is 2.29. The monoisotopic (exact) mass is 300 g/mol. The van der Waals surface area contributed by atoms with Crippen LogP contribution in [0.3, 0.4) is 0 Å². The molecule has 1 aliphatic carbocycles. The molecule has 0 spiro atoms. The van der Waals surface area contributed by atoms with Crippen LogP contribution < -0.4 is 10.0 Å². The minimum absolute atomic E-state index is 0.00836. The van der Waals surface area contributed by atoms with Crippen molar-refractivity contribution < 1.29 is 12.8 Å². The van der Waals surface area contributed by atoms with E-state index in [2.05, 4.69) is 23.9 Å². The van der Waals surface area contributed by atoms with Gasteiger partial charge in [0.2, 0.25) is 5.09 Å². The molecule has 1 aromatic heterocycles. The molecule has 0 amide bonds. The Kier molecular flexibility index (Phi) is 4.88. The number of sulfonamides is 1. The average molecular weight is 300 g/mol. The van der Waals surface area contributed by atoms with Crippen molar-refractivity contribution in [3.05, 3.63) is 17.9 Å². The summed E-state index contributed by atoms with van der Waals surface area (Å²) in [5.74, 6) is 1.84. The SMILES string of the molecule is CNCc1ccc(S(=O)(=O)NC2CCC(C)C(C)C2)o1. The Balaban J connectivity index is 2.03. The van der Waals surface area contributed by atoms with Crippen LogP contribution in [-0.2, 0) is 16.6 Å². The zero-order valence-corrected chi connectivity index (χ0v) is 13.2. The Hall–Kier alpha value is -0.850. The van der Waals surface area contributed by atoms with Gasteiger partial charge in [0.05, 0.1) is 6.54 Å². The van der Waals surface area contributed by atoms with Gasteiger partial charge in [0.1, 0.15) is 5.76 Å². The van der Waals surface area contributed by atoms with E-state index in [4.69, 9.17) is 4.42 Å². The lowest BCUT2D eigenvalue weighted by molar-refractivity contribution is 0.241. The summed E-state index contributed by atoms with van der Waals surface area (Å²) in [7, 11) is -1.75. The minimum Gasteiger partial charge on any atom is -0.447 e. The maximum Gasteiger partial charge on any atom is 0.274 e. The van der Waals surface area contributed by atoms with Crippen LogP contribution in [0.4, 0.5) is 0 Å². The quantitative estimate of drug-likeness (QED) is 0.873. The number of hydrogen-bond donors (Lipinski definition) is 2. The van der Waals surface area contributed by atoms with Gasteiger partial charge in [0, 0.05) is 6.04 Å². The Bertz CT molecular complexity index is 538. The highest BCUT2D eigenvalue weighted by atomic mass is 32.2. The third kappa shape index (κ3) is 3.62. The predicted octanol–water partition coefficient (Wildman–Crippen LogP) is 2.10. The fourth-order valence-electron chi connectivity index (χ4n) is 2.70. The summed E-state index contributed by atoms with van der Waals surface area (Å²) < 4.78 is 32.7. The largest absolute Gasteiger partial charge is 0.447 e. The van der Waals surface area contributed by atoms with E-state index in [1.54, 1.807) is 13.1 Å². The molecule has 114 valence electrons. The van der Waals surface area contributed by atoms with Crippen molar-refractivity contribution in [2.45, 2.75) is 50.8 Å². The molecule has 1 heterocycles. The third-order valence-electron chi connectivity index (χ3n) is 4.17. The first-order valence-corrected chi connectivity index (χ1v) is 8.66. The molecule has 1 aliphatic rings. The second-order valence-electron chi connectivity index (χ2n) is 5.84. The Morgan fingerprint density at radius 3 is 2.65 bits per heavy atom. The summed E-state index contributed by atoms with van der Waals surface area (Å²) in [6.45, 7) is 4.93. The fourth-order valence-corrected chi connectivity index (χ4v) is 3.94. The Morgan fingerprint density at radius 2 is 2.00 bits per heavy atom. The molecule has 1 saturated carbocycles. The van der Waals surface area contributed by atoms with Gasteiger partial charge < -0.3 is 9.73 Å². The summed E-state index contributed by atoms with van der Waals surface area (Å²) in [6, 6.07) is 3.23. The molecule has 3 atom stereocenters. The van der Waals surface area contributed by atoms with E-state index in [1.807, 2.05) is 0 Å². The number of hydrogen-bond acceptors (Lipinski definition) is 4. The normalized spacial score (nSPS) is 27.6. The van der Waals surface area contributed by atoms with E-state index >= 15 is 0 Å². The minimum atomic E-state index is -3.54. The van der Waals surface area contributed by atoms with Crippen molar-refractivity contribution in [3.8, 4) is 0 Å². The van der Waals surface area contributed by atoms with E-state index in [9.17, 15) is 8.42 Å². The fraction of sp³-hybridized carbons (Fsp3) is 0.714. The highest BCUT2D eigenvalue weighted by Crippen LogP contribution is 2.30. The summed E-state index contributed by atoms with van der Waals surface area (Å²) in [5.41, 5.74) is 0. The smallest absolute Gasteiger partial charge is 0.274 e. The maximum atomic E-state index is 12.3. The van der Waals surface area contributed by atoms with E-state index in [0.29, 0.717) is 24.1 Å². The molecule has 20 heavy (non-hydrogen) atoms. The van der Waals surface area contributed by atoms with Gasteiger partial charge in [-0.25, -0.2) is 13.1 Å².